The van der Waals surface area contributed by atoms with Gasteiger partial charge in [-0.15, -0.1) is 6.58 Å². The molecule has 0 aliphatic carbocycles. The molecule has 0 aromatic heterocycles. The van der Waals surface area contributed by atoms with E-state index in [1.165, 1.54) is 6.42 Å². The van der Waals surface area contributed by atoms with Gasteiger partial charge in [-0.25, -0.2) is 0 Å². The van der Waals surface area contributed by atoms with E-state index in [2.05, 4.69) is 18.8 Å². The molecule has 3 nitrogen and oxygen atoms in total. The summed E-state index contributed by atoms with van der Waals surface area (Å²) in [5.74, 6) is 0. The number of nitrogens with one attached hydrogen (secondary N) is 1. The minimum Gasteiger partial charge on any atom is -0.381 e. The van der Waals surface area contributed by atoms with E-state index in [1.54, 1.807) is 0 Å². The Morgan fingerprint density at radius 3 is 2.71 bits per heavy atom. The molecule has 3 heteroatoms. The molecular formula is C14H27NO2. The molecular weight excluding hydrogens is 214 g/mol. The van der Waals surface area contributed by atoms with Crippen LogP contribution in [0.2, 0.25) is 0 Å². The van der Waals surface area contributed by atoms with Gasteiger partial charge < -0.3 is 14.8 Å². The Balaban J connectivity index is 2.60. The average Bonchev–Trinajstić information content (AvgIpc) is 2.36. The highest BCUT2D eigenvalue weighted by Gasteiger charge is 2.39. The minimum absolute atomic E-state index is 0.0249. The summed E-state index contributed by atoms with van der Waals surface area (Å²) < 4.78 is 11.6. The normalized spacial score (nSPS) is 21.1. The smallest absolute Gasteiger partial charge is 0.0878 e. The van der Waals surface area contributed by atoms with Gasteiger partial charge in [-0.3, -0.25) is 0 Å². The van der Waals surface area contributed by atoms with Crippen LogP contribution in [0.1, 0.15) is 39.0 Å². The van der Waals surface area contributed by atoms with Crippen LogP contribution in [-0.2, 0) is 9.47 Å². The number of hydrogen-bond acceptors (Lipinski definition) is 3. The Kier molecular flexibility index (Phi) is 6.78. The highest BCUT2D eigenvalue weighted by molar-refractivity contribution is 4.94. The first-order chi connectivity index (χ1) is 8.29. The summed E-state index contributed by atoms with van der Waals surface area (Å²) in [6.45, 7) is 8.27. The van der Waals surface area contributed by atoms with E-state index in [9.17, 15) is 0 Å². The largest absolute Gasteiger partial charge is 0.381 e. The van der Waals surface area contributed by atoms with Crippen LogP contribution in [0.5, 0.6) is 0 Å². The van der Waals surface area contributed by atoms with E-state index in [0.29, 0.717) is 6.04 Å². The maximum atomic E-state index is 6.09. The zero-order chi connectivity index (χ0) is 12.6. The predicted octanol–water partition coefficient (Wildman–Crippen LogP) is 2.52. The fourth-order valence-electron chi connectivity index (χ4n) is 2.73. The van der Waals surface area contributed by atoms with Gasteiger partial charge in [-0.05, 0) is 33.2 Å². The topological polar surface area (TPSA) is 30.5 Å². The fourth-order valence-corrected chi connectivity index (χ4v) is 2.73. The first-order valence-electron chi connectivity index (χ1n) is 6.79. The van der Waals surface area contributed by atoms with Crippen molar-refractivity contribution in [3.8, 4) is 0 Å². The van der Waals surface area contributed by atoms with Gasteiger partial charge in [0.2, 0.25) is 0 Å². The second-order valence-corrected chi connectivity index (χ2v) is 4.67. The molecule has 0 amide bonds. The summed E-state index contributed by atoms with van der Waals surface area (Å²) in [6, 6.07) is 0.422. The molecule has 0 radical (unpaired) electrons. The predicted molar refractivity (Wildman–Crippen MR) is 71.3 cm³/mol. The van der Waals surface area contributed by atoms with E-state index >= 15 is 0 Å². The van der Waals surface area contributed by atoms with Crippen LogP contribution in [0.3, 0.4) is 0 Å². The summed E-state index contributed by atoms with van der Waals surface area (Å²) in [5, 5.41) is 3.44. The second-order valence-electron chi connectivity index (χ2n) is 4.67. The number of hydrogen-bond donors (Lipinski definition) is 1. The Bertz CT molecular complexity index is 207. The first kappa shape index (κ1) is 14.7. The molecule has 17 heavy (non-hydrogen) atoms. The lowest BCUT2D eigenvalue weighted by molar-refractivity contribution is -0.127. The Hall–Kier alpha value is -0.380. The molecule has 1 saturated heterocycles. The van der Waals surface area contributed by atoms with Crippen molar-refractivity contribution in [1.82, 2.24) is 5.32 Å². The molecule has 0 aromatic rings. The summed E-state index contributed by atoms with van der Waals surface area (Å²) in [4.78, 5) is 0. The van der Waals surface area contributed by atoms with Crippen molar-refractivity contribution < 1.29 is 9.47 Å². The van der Waals surface area contributed by atoms with Crippen LogP contribution in [0.25, 0.3) is 0 Å². The van der Waals surface area contributed by atoms with Gasteiger partial charge in [0.25, 0.3) is 0 Å². The third kappa shape index (κ3) is 4.09. The SMILES string of the molecule is C=CCCCC(NC)C1(OCC)CCOCC1. The molecule has 1 fully saturated rings. The third-order valence-electron chi connectivity index (χ3n) is 3.66. The van der Waals surface area contributed by atoms with Crippen LogP contribution in [0, 0.1) is 0 Å². The Morgan fingerprint density at radius 2 is 2.18 bits per heavy atom. The molecule has 1 N–H and O–H groups in total. The Labute approximate surface area is 106 Å². The quantitative estimate of drug-likeness (QED) is 0.523. The monoisotopic (exact) mass is 241 g/mol. The minimum atomic E-state index is -0.0249. The lowest BCUT2D eigenvalue weighted by Crippen LogP contribution is -2.54. The molecule has 0 bridgehead atoms. The van der Waals surface area contributed by atoms with Gasteiger partial charge in [0.1, 0.15) is 0 Å². The molecule has 0 saturated carbocycles. The molecule has 1 atom stereocenters. The Morgan fingerprint density at radius 1 is 1.47 bits per heavy atom. The van der Waals surface area contributed by atoms with Crippen LogP contribution in [-0.4, -0.2) is 38.5 Å². The molecule has 0 aromatic carbocycles. The van der Waals surface area contributed by atoms with E-state index in [4.69, 9.17) is 9.47 Å². The van der Waals surface area contributed by atoms with Crippen LogP contribution >= 0.6 is 0 Å². The second kappa shape index (κ2) is 7.85. The van der Waals surface area contributed by atoms with E-state index in [-0.39, 0.29) is 5.60 Å². The van der Waals surface area contributed by atoms with E-state index in [1.807, 2.05) is 13.1 Å². The third-order valence-corrected chi connectivity index (χ3v) is 3.66. The van der Waals surface area contributed by atoms with Crippen molar-refractivity contribution in [3.63, 3.8) is 0 Å². The molecule has 0 spiro atoms. The number of ether oxygens (including phenoxy) is 2. The summed E-state index contributed by atoms with van der Waals surface area (Å²) in [6.07, 6.45) is 7.38. The summed E-state index contributed by atoms with van der Waals surface area (Å²) in [7, 11) is 2.04. The highest BCUT2D eigenvalue weighted by atomic mass is 16.5. The van der Waals surface area contributed by atoms with E-state index in [0.717, 1.165) is 45.5 Å². The maximum absolute atomic E-state index is 6.09. The first-order valence-corrected chi connectivity index (χ1v) is 6.79. The molecule has 1 rings (SSSR count). The number of unbranched alkanes of at least 4 members (excludes halogenated alkanes) is 1. The zero-order valence-electron chi connectivity index (χ0n) is 11.3. The van der Waals surface area contributed by atoms with Gasteiger partial charge in [-0.1, -0.05) is 6.08 Å². The zero-order valence-corrected chi connectivity index (χ0v) is 11.3. The molecule has 100 valence electrons. The van der Waals surface area contributed by atoms with Gasteiger partial charge >= 0.3 is 0 Å². The lowest BCUT2D eigenvalue weighted by Gasteiger charge is -2.43. The van der Waals surface area contributed by atoms with Gasteiger partial charge in [0, 0.05) is 38.7 Å². The highest BCUT2D eigenvalue weighted by Crippen LogP contribution is 2.31. The van der Waals surface area contributed by atoms with Crippen molar-refractivity contribution in [2.75, 3.05) is 26.9 Å². The molecule has 1 unspecified atom stereocenters. The van der Waals surface area contributed by atoms with Crippen LogP contribution < -0.4 is 5.32 Å². The van der Waals surface area contributed by atoms with Crippen molar-refractivity contribution in [2.24, 2.45) is 0 Å². The van der Waals surface area contributed by atoms with E-state index < -0.39 is 0 Å². The van der Waals surface area contributed by atoms with Crippen molar-refractivity contribution in [2.45, 2.75) is 50.7 Å². The average molecular weight is 241 g/mol. The maximum Gasteiger partial charge on any atom is 0.0878 e. The van der Waals surface area contributed by atoms with Crippen molar-refractivity contribution in [3.05, 3.63) is 12.7 Å². The molecule has 1 aliphatic heterocycles. The van der Waals surface area contributed by atoms with Crippen molar-refractivity contribution in [1.29, 1.82) is 0 Å². The standard InChI is InChI=1S/C14H27NO2/c1-4-6-7-8-13(15-3)14(17-5-2)9-11-16-12-10-14/h4,13,15H,1,5-12H2,2-3H3. The lowest BCUT2D eigenvalue weighted by atomic mass is 9.83. The fraction of sp³-hybridized carbons (Fsp3) is 0.857. The van der Waals surface area contributed by atoms with Crippen LogP contribution in [0.4, 0.5) is 0 Å². The summed E-state index contributed by atoms with van der Waals surface area (Å²) >= 11 is 0. The van der Waals surface area contributed by atoms with Gasteiger partial charge in [0.05, 0.1) is 5.60 Å². The van der Waals surface area contributed by atoms with Crippen LogP contribution in [0.15, 0.2) is 12.7 Å². The summed E-state index contributed by atoms with van der Waals surface area (Å²) in [5.41, 5.74) is -0.0249. The van der Waals surface area contributed by atoms with Crippen molar-refractivity contribution >= 4 is 0 Å². The number of rotatable bonds is 8. The number of likely N-dealkylation sites (N-methyl/N-ethyl adjacent to an activating group) is 1. The molecule has 1 aliphatic rings. The number of allylic oxidation sites excluding steroid dienone is 1. The van der Waals surface area contributed by atoms with Gasteiger partial charge in [-0.2, -0.15) is 0 Å². The molecule has 1 heterocycles. The van der Waals surface area contributed by atoms with Gasteiger partial charge in [0.15, 0.2) is 0 Å².